The molecule has 0 saturated heterocycles. The predicted molar refractivity (Wildman–Crippen MR) is 75.6 cm³/mol. The highest BCUT2D eigenvalue weighted by Crippen LogP contribution is 2.31. The maximum atomic E-state index is 12.1. The van der Waals surface area contributed by atoms with Crippen molar-refractivity contribution in [3.63, 3.8) is 0 Å². The quantitative estimate of drug-likeness (QED) is 0.868. The van der Waals surface area contributed by atoms with Gasteiger partial charge in [0.25, 0.3) is 5.91 Å². The molecule has 0 aliphatic heterocycles. The number of aromatic nitrogens is 1. The zero-order valence-corrected chi connectivity index (χ0v) is 12.4. The maximum absolute atomic E-state index is 12.1. The summed E-state index contributed by atoms with van der Waals surface area (Å²) in [5.41, 5.74) is 7.16. The van der Waals surface area contributed by atoms with E-state index in [2.05, 4.69) is 10.5 Å². The first-order valence-corrected chi connectivity index (χ1v) is 6.50. The lowest BCUT2D eigenvalue weighted by molar-refractivity contribution is 0.0947. The van der Waals surface area contributed by atoms with E-state index >= 15 is 0 Å². The maximum Gasteiger partial charge on any atom is 0.256 e. The van der Waals surface area contributed by atoms with E-state index < -0.39 is 0 Å². The van der Waals surface area contributed by atoms with Gasteiger partial charge in [-0.3, -0.25) is 4.79 Å². The second-order valence-corrected chi connectivity index (χ2v) is 5.37. The number of halogens is 1. The van der Waals surface area contributed by atoms with Gasteiger partial charge in [-0.15, -0.1) is 12.4 Å². The first-order valence-electron chi connectivity index (χ1n) is 6.50. The highest BCUT2D eigenvalue weighted by molar-refractivity contribution is 5.96. The van der Waals surface area contributed by atoms with Gasteiger partial charge in [-0.25, -0.2) is 0 Å². The summed E-state index contributed by atoms with van der Waals surface area (Å²) in [5.74, 6) is 1.24. The summed E-state index contributed by atoms with van der Waals surface area (Å²) >= 11 is 0. The van der Waals surface area contributed by atoms with Gasteiger partial charge in [0.05, 0.1) is 5.69 Å². The minimum absolute atomic E-state index is 0. The predicted octanol–water partition coefficient (Wildman–Crippen LogP) is 2.00. The fraction of sp³-hybridized carbons (Fsp3) is 0.692. The molecule has 0 radical (unpaired) electrons. The monoisotopic (exact) mass is 287 g/mol. The van der Waals surface area contributed by atoms with Crippen LogP contribution in [0.25, 0.3) is 0 Å². The Morgan fingerprint density at radius 1 is 1.53 bits per heavy atom. The molecule has 19 heavy (non-hydrogen) atoms. The molecule has 2 rings (SSSR count). The molecule has 1 aromatic heterocycles. The topological polar surface area (TPSA) is 81.2 Å². The van der Waals surface area contributed by atoms with Crippen LogP contribution in [0.15, 0.2) is 4.52 Å². The molecule has 1 heterocycles. The summed E-state index contributed by atoms with van der Waals surface area (Å²) in [6.07, 6.45) is 2.36. The third-order valence-electron chi connectivity index (χ3n) is 3.37. The number of amides is 1. The van der Waals surface area contributed by atoms with Crippen LogP contribution >= 0.6 is 12.4 Å². The number of carbonyl (C=O) groups excluding carboxylic acids is 1. The van der Waals surface area contributed by atoms with Crippen molar-refractivity contribution >= 4 is 18.3 Å². The molecule has 1 unspecified atom stereocenters. The van der Waals surface area contributed by atoms with E-state index in [4.69, 9.17) is 10.3 Å². The zero-order chi connectivity index (χ0) is 13.3. The van der Waals surface area contributed by atoms with E-state index in [1.54, 1.807) is 6.92 Å². The molecule has 1 fully saturated rings. The molecule has 1 aliphatic rings. The Bertz CT molecular complexity index is 441. The molecule has 5 nitrogen and oxygen atoms in total. The van der Waals surface area contributed by atoms with Crippen molar-refractivity contribution < 1.29 is 9.32 Å². The summed E-state index contributed by atoms with van der Waals surface area (Å²) in [5, 5.41) is 6.74. The Morgan fingerprint density at radius 2 is 2.16 bits per heavy atom. The molecular formula is C13H22ClN3O2. The van der Waals surface area contributed by atoms with Crippen LogP contribution in [-0.2, 0) is 0 Å². The van der Waals surface area contributed by atoms with Crippen molar-refractivity contribution in [2.75, 3.05) is 6.54 Å². The van der Waals surface area contributed by atoms with E-state index in [9.17, 15) is 4.79 Å². The van der Waals surface area contributed by atoms with E-state index in [0.717, 1.165) is 0 Å². The van der Waals surface area contributed by atoms with Crippen molar-refractivity contribution in [3.05, 3.63) is 17.0 Å². The minimum Gasteiger partial charge on any atom is -0.360 e. The largest absolute Gasteiger partial charge is 0.360 e. The Hall–Kier alpha value is -1.07. The fourth-order valence-corrected chi connectivity index (χ4v) is 2.05. The summed E-state index contributed by atoms with van der Waals surface area (Å²) in [4.78, 5) is 12.1. The summed E-state index contributed by atoms with van der Waals surface area (Å²) in [6, 6.07) is 0.0663. The smallest absolute Gasteiger partial charge is 0.256 e. The summed E-state index contributed by atoms with van der Waals surface area (Å²) in [7, 11) is 0. The van der Waals surface area contributed by atoms with Crippen molar-refractivity contribution in [2.45, 2.75) is 45.6 Å². The Balaban J connectivity index is 0.00000180. The van der Waals surface area contributed by atoms with Crippen LogP contribution < -0.4 is 11.1 Å². The van der Waals surface area contributed by atoms with Gasteiger partial charge in [-0.2, -0.15) is 0 Å². The van der Waals surface area contributed by atoms with Crippen molar-refractivity contribution in [1.29, 1.82) is 0 Å². The Labute approximate surface area is 119 Å². The van der Waals surface area contributed by atoms with Gasteiger partial charge in [0.2, 0.25) is 0 Å². The number of aryl methyl sites for hydroxylation is 1. The number of carbonyl (C=O) groups is 1. The van der Waals surface area contributed by atoms with Gasteiger partial charge >= 0.3 is 0 Å². The molecule has 108 valence electrons. The Kier molecular flexibility index (Phi) is 5.38. The van der Waals surface area contributed by atoms with E-state index in [1.807, 2.05) is 13.8 Å². The molecule has 1 atom stereocenters. The molecule has 0 aromatic carbocycles. The van der Waals surface area contributed by atoms with Crippen molar-refractivity contribution in [2.24, 2.45) is 11.7 Å². The minimum atomic E-state index is -0.131. The van der Waals surface area contributed by atoms with Crippen LogP contribution in [0.4, 0.5) is 0 Å². The SMILES string of the molecule is Cc1noc(C(C)C)c1C(=O)NCC(N)C1CC1.Cl. The lowest BCUT2D eigenvalue weighted by Gasteiger charge is -2.12. The van der Waals surface area contributed by atoms with Gasteiger partial charge in [-0.1, -0.05) is 19.0 Å². The average Bonchev–Trinajstić information content (AvgIpc) is 3.08. The van der Waals surface area contributed by atoms with Crippen molar-refractivity contribution in [1.82, 2.24) is 10.5 Å². The molecule has 1 aliphatic carbocycles. The number of nitrogens with zero attached hydrogens (tertiary/aromatic N) is 1. The molecule has 1 saturated carbocycles. The molecule has 6 heteroatoms. The number of hydrogen-bond donors (Lipinski definition) is 2. The highest BCUT2D eigenvalue weighted by atomic mass is 35.5. The third kappa shape index (κ3) is 3.70. The van der Waals surface area contributed by atoms with Gasteiger partial charge in [0, 0.05) is 18.5 Å². The molecule has 0 bridgehead atoms. The molecule has 3 N–H and O–H groups in total. The van der Waals surface area contributed by atoms with Crippen LogP contribution in [0.1, 0.15) is 54.4 Å². The number of nitrogens with two attached hydrogens (primary N) is 1. The van der Waals surface area contributed by atoms with E-state index in [-0.39, 0.29) is 30.3 Å². The van der Waals surface area contributed by atoms with Gasteiger partial charge in [0.15, 0.2) is 5.76 Å². The van der Waals surface area contributed by atoms with Crippen LogP contribution in [-0.4, -0.2) is 23.7 Å². The van der Waals surface area contributed by atoms with Gasteiger partial charge in [-0.05, 0) is 25.7 Å². The fourth-order valence-electron chi connectivity index (χ4n) is 2.05. The molecular weight excluding hydrogens is 266 g/mol. The molecule has 0 spiro atoms. The Morgan fingerprint density at radius 3 is 2.68 bits per heavy atom. The summed E-state index contributed by atoms with van der Waals surface area (Å²) < 4.78 is 5.20. The van der Waals surface area contributed by atoms with E-state index in [0.29, 0.717) is 29.5 Å². The van der Waals surface area contributed by atoms with Crippen molar-refractivity contribution in [3.8, 4) is 0 Å². The summed E-state index contributed by atoms with van der Waals surface area (Å²) in [6.45, 7) is 6.26. The molecule has 1 aromatic rings. The first kappa shape index (κ1) is 16.0. The van der Waals surface area contributed by atoms with Crippen LogP contribution in [0.5, 0.6) is 0 Å². The zero-order valence-electron chi connectivity index (χ0n) is 11.6. The number of hydrogen-bond acceptors (Lipinski definition) is 4. The van der Waals surface area contributed by atoms with Gasteiger partial charge < -0.3 is 15.6 Å². The van der Waals surface area contributed by atoms with Crippen LogP contribution in [0, 0.1) is 12.8 Å². The lowest BCUT2D eigenvalue weighted by Crippen LogP contribution is -2.38. The standard InChI is InChI=1S/C13H21N3O2.ClH/c1-7(2)12-11(8(3)16-18-12)13(17)15-6-10(14)9-4-5-9;/h7,9-10H,4-6,14H2,1-3H3,(H,15,17);1H. The van der Waals surface area contributed by atoms with Crippen LogP contribution in [0.3, 0.4) is 0 Å². The van der Waals surface area contributed by atoms with Crippen LogP contribution in [0.2, 0.25) is 0 Å². The second kappa shape index (κ2) is 6.39. The number of rotatable bonds is 5. The first-order chi connectivity index (χ1) is 8.50. The normalized spacial score (nSPS) is 16.1. The molecule has 1 amide bonds. The number of nitrogens with one attached hydrogen (secondary N) is 1. The average molecular weight is 288 g/mol. The van der Waals surface area contributed by atoms with E-state index in [1.165, 1.54) is 12.8 Å². The second-order valence-electron chi connectivity index (χ2n) is 5.37. The highest BCUT2D eigenvalue weighted by Gasteiger charge is 2.29. The lowest BCUT2D eigenvalue weighted by atomic mass is 10.0. The third-order valence-corrected chi connectivity index (χ3v) is 3.37. The van der Waals surface area contributed by atoms with Gasteiger partial charge in [0.1, 0.15) is 5.56 Å².